The summed E-state index contributed by atoms with van der Waals surface area (Å²) in [5, 5.41) is 0. The number of nitrogens with zero attached hydrogens (tertiary/aromatic N) is 1. The zero-order valence-corrected chi connectivity index (χ0v) is 9.88. The average Bonchev–Trinajstić information content (AvgIpc) is 2.38. The Morgan fingerprint density at radius 1 is 0.882 bits per heavy atom. The Hall–Kier alpha value is -2.15. The van der Waals surface area contributed by atoms with Crippen molar-refractivity contribution in [2.24, 2.45) is 4.99 Å². The fraction of sp³-hybridized carbons (Fsp3) is 0.0625. The molecule has 2 rings (SSSR count). The summed E-state index contributed by atoms with van der Waals surface area (Å²) in [6.45, 7) is 2.06. The van der Waals surface area contributed by atoms with E-state index in [1.54, 1.807) is 0 Å². The minimum absolute atomic E-state index is 1.02. The number of rotatable bonds is 3. The molecule has 0 N–H and O–H groups in total. The van der Waals surface area contributed by atoms with Gasteiger partial charge >= 0.3 is 0 Å². The molecule has 0 bridgehead atoms. The lowest BCUT2D eigenvalue weighted by molar-refractivity contribution is 1.41. The van der Waals surface area contributed by atoms with Crippen LogP contribution in [0.4, 0.5) is 5.69 Å². The molecule has 2 aromatic rings. The standard InChI is InChI=1S/C16H15N/c1-14-8-5-6-12-16(14)17-13-7-11-15-9-3-2-4-10-15/h2-13H,1H3/b11-7-,17-13?. The molecule has 0 spiro atoms. The molecule has 17 heavy (non-hydrogen) atoms. The van der Waals surface area contributed by atoms with Crippen molar-refractivity contribution in [3.63, 3.8) is 0 Å². The van der Waals surface area contributed by atoms with Crippen molar-refractivity contribution in [3.05, 3.63) is 71.8 Å². The van der Waals surface area contributed by atoms with Gasteiger partial charge in [-0.05, 0) is 30.2 Å². The molecule has 0 saturated heterocycles. The molecule has 0 radical (unpaired) electrons. The van der Waals surface area contributed by atoms with Crippen molar-refractivity contribution < 1.29 is 0 Å². The molecule has 0 atom stereocenters. The first-order valence-electron chi connectivity index (χ1n) is 5.68. The van der Waals surface area contributed by atoms with Gasteiger partial charge in [0.2, 0.25) is 0 Å². The zero-order chi connectivity index (χ0) is 11.9. The number of para-hydroxylation sites is 1. The van der Waals surface area contributed by atoms with E-state index in [2.05, 4.69) is 30.1 Å². The van der Waals surface area contributed by atoms with Gasteiger partial charge in [-0.2, -0.15) is 0 Å². The Kier molecular flexibility index (Phi) is 3.87. The van der Waals surface area contributed by atoms with Gasteiger partial charge in [-0.1, -0.05) is 54.6 Å². The Morgan fingerprint density at radius 3 is 2.35 bits per heavy atom. The van der Waals surface area contributed by atoms with E-state index in [4.69, 9.17) is 0 Å². The summed E-state index contributed by atoms with van der Waals surface area (Å²) in [6, 6.07) is 18.3. The van der Waals surface area contributed by atoms with Crippen molar-refractivity contribution in [1.29, 1.82) is 0 Å². The number of hydrogen-bond donors (Lipinski definition) is 0. The molecular weight excluding hydrogens is 206 g/mol. The number of aryl methyl sites for hydroxylation is 1. The van der Waals surface area contributed by atoms with Gasteiger partial charge in [0.05, 0.1) is 5.69 Å². The molecule has 0 aromatic heterocycles. The van der Waals surface area contributed by atoms with Crippen LogP contribution in [0.3, 0.4) is 0 Å². The van der Waals surface area contributed by atoms with Crippen LogP contribution < -0.4 is 0 Å². The number of benzene rings is 2. The summed E-state index contributed by atoms with van der Waals surface area (Å²) in [5.74, 6) is 0. The van der Waals surface area contributed by atoms with Crippen molar-refractivity contribution in [2.45, 2.75) is 6.92 Å². The third kappa shape index (κ3) is 3.42. The zero-order valence-electron chi connectivity index (χ0n) is 9.88. The van der Waals surface area contributed by atoms with E-state index in [-0.39, 0.29) is 0 Å². The molecule has 0 aliphatic carbocycles. The summed E-state index contributed by atoms with van der Waals surface area (Å²) in [6.07, 6.45) is 5.83. The first kappa shape index (κ1) is 11.3. The second-order valence-corrected chi connectivity index (χ2v) is 3.83. The van der Waals surface area contributed by atoms with Crippen LogP contribution in [-0.2, 0) is 0 Å². The van der Waals surface area contributed by atoms with Crippen LogP contribution in [0.5, 0.6) is 0 Å². The maximum Gasteiger partial charge on any atom is 0.0658 e. The first-order valence-corrected chi connectivity index (χ1v) is 5.68. The summed E-state index contributed by atoms with van der Waals surface area (Å²) in [7, 11) is 0. The predicted octanol–water partition coefficient (Wildman–Crippen LogP) is 4.41. The van der Waals surface area contributed by atoms with E-state index in [1.165, 1.54) is 11.1 Å². The highest BCUT2D eigenvalue weighted by atomic mass is 14.7. The predicted molar refractivity (Wildman–Crippen MR) is 74.8 cm³/mol. The average molecular weight is 221 g/mol. The lowest BCUT2D eigenvalue weighted by Gasteiger charge is -1.96. The van der Waals surface area contributed by atoms with Crippen LogP contribution >= 0.6 is 0 Å². The van der Waals surface area contributed by atoms with Crippen molar-refractivity contribution in [2.75, 3.05) is 0 Å². The molecule has 2 aromatic carbocycles. The van der Waals surface area contributed by atoms with Gasteiger partial charge in [0.1, 0.15) is 0 Å². The summed E-state index contributed by atoms with van der Waals surface area (Å²) in [5.41, 5.74) is 3.39. The number of hydrogen-bond acceptors (Lipinski definition) is 1. The molecule has 0 heterocycles. The molecular formula is C16H15N. The number of aliphatic imine (C=N–C) groups is 1. The smallest absolute Gasteiger partial charge is 0.0658 e. The van der Waals surface area contributed by atoms with E-state index in [0.717, 1.165) is 5.69 Å². The van der Waals surface area contributed by atoms with Crippen LogP contribution in [-0.4, -0.2) is 6.21 Å². The SMILES string of the molecule is Cc1ccccc1N=C/C=C\c1ccccc1. The Morgan fingerprint density at radius 2 is 1.59 bits per heavy atom. The third-order valence-corrected chi connectivity index (χ3v) is 2.50. The van der Waals surface area contributed by atoms with Crippen LogP contribution in [0.25, 0.3) is 6.08 Å². The molecule has 0 unspecified atom stereocenters. The van der Waals surface area contributed by atoms with E-state index >= 15 is 0 Å². The fourth-order valence-corrected chi connectivity index (χ4v) is 1.55. The molecule has 0 saturated carbocycles. The maximum absolute atomic E-state index is 4.41. The summed E-state index contributed by atoms with van der Waals surface area (Å²) in [4.78, 5) is 4.41. The molecule has 0 fully saturated rings. The van der Waals surface area contributed by atoms with Gasteiger partial charge in [-0.3, -0.25) is 4.99 Å². The molecule has 84 valence electrons. The Balaban J connectivity index is 2.04. The Labute approximate surface area is 102 Å². The fourth-order valence-electron chi connectivity index (χ4n) is 1.55. The van der Waals surface area contributed by atoms with Crippen molar-refractivity contribution in [1.82, 2.24) is 0 Å². The first-order chi connectivity index (χ1) is 8.36. The minimum atomic E-state index is 1.02. The van der Waals surface area contributed by atoms with Gasteiger partial charge in [-0.25, -0.2) is 0 Å². The van der Waals surface area contributed by atoms with Gasteiger partial charge in [-0.15, -0.1) is 0 Å². The number of allylic oxidation sites excluding steroid dienone is 1. The van der Waals surface area contributed by atoms with Crippen molar-refractivity contribution in [3.8, 4) is 0 Å². The van der Waals surface area contributed by atoms with Gasteiger partial charge in [0.25, 0.3) is 0 Å². The molecule has 1 heteroatoms. The largest absolute Gasteiger partial charge is 0.257 e. The highest BCUT2D eigenvalue weighted by molar-refractivity contribution is 5.80. The maximum atomic E-state index is 4.41. The van der Waals surface area contributed by atoms with E-state index in [1.807, 2.05) is 54.8 Å². The summed E-state index contributed by atoms with van der Waals surface area (Å²) >= 11 is 0. The monoisotopic (exact) mass is 221 g/mol. The highest BCUT2D eigenvalue weighted by Gasteiger charge is 1.90. The molecule has 1 nitrogen and oxygen atoms in total. The van der Waals surface area contributed by atoms with Gasteiger partial charge < -0.3 is 0 Å². The second kappa shape index (κ2) is 5.80. The molecule has 0 aliphatic rings. The van der Waals surface area contributed by atoms with Crippen LogP contribution in [0.1, 0.15) is 11.1 Å². The Bertz CT molecular complexity index is 524. The quantitative estimate of drug-likeness (QED) is 0.681. The second-order valence-electron chi connectivity index (χ2n) is 3.83. The highest BCUT2D eigenvalue weighted by Crippen LogP contribution is 2.16. The van der Waals surface area contributed by atoms with Gasteiger partial charge in [0, 0.05) is 6.21 Å². The lowest BCUT2D eigenvalue weighted by Crippen LogP contribution is -1.73. The minimum Gasteiger partial charge on any atom is -0.257 e. The van der Waals surface area contributed by atoms with Crippen LogP contribution in [0.15, 0.2) is 65.7 Å². The van der Waals surface area contributed by atoms with E-state index < -0.39 is 0 Å². The van der Waals surface area contributed by atoms with Gasteiger partial charge in [0.15, 0.2) is 0 Å². The third-order valence-electron chi connectivity index (χ3n) is 2.50. The normalized spacial score (nSPS) is 11.4. The summed E-state index contributed by atoms with van der Waals surface area (Å²) < 4.78 is 0. The molecule has 0 aliphatic heterocycles. The molecule has 0 amide bonds. The lowest BCUT2D eigenvalue weighted by atomic mass is 10.2. The van der Waals surface area contributed by atoms with E-state index in [9.17, 15) is 0 Å². The van der Waals surface area contributed by atoms with Crippen LogP contribution in [0, 0.1) is 6.92 Å². The van der Waals surface area contributed by atoms with Crippen LogP contribution in [0.2, 0.25) is 0 Å². The topological polar surface area (TPSA) is 12.4 Å². The van der Waals surface area contributed by atoms with Crippen molar-refractivity contribution >= 4 is 18.0 Å². The van der Waals surface area contributed by atoms with E-state index in [0.29, 0.717) is 0 Å².